The summed E-state index contributed by atoms with van der Waals surface area (Å²) in [6.45, 7) is 3.76. The molecular formula is C5H13BrO2. The Balaban J connectivity index is -0.000000125. The van der Waals surface area contributed by atoms with Gasteiger partial charge in [-0.15, -0.1) is 17.0 Å². The van der Waals surface area contributed by atoms with Crippen LogP contribution >= 0.6 is 17.0 Å². The van der Waals surface area contributed by atoms with Gasteiger partial charge in [-0.1, -0.05) is 13.8 Å². The molecule has 52 valence electrons. The molecule has 2 nitrogen and oxygen atoms in total. The lowest BCUT2D eigenvalue weighted by Crippen LogP contribution is -1.88. The van der Waals surface area contributed by atoms with Gasteiger partial charge in [-0.3, -0.25) is 4.79 Å². The average Bonchev–Trinajstić information content (AvgIpc) is 1.65. The number of Topliss-reactive ketones (excluding diaryl/α,β-unsaturated/α-hetero) is 1. The Morgan fingerprint density at radius 2 is 1.50 bits per heavy atom. The molecule has 0 aromatic carbocycles. The molecule has 0 aliphatic heterocycles. The van der Waals surface area contributed by atoms with Crippen LogP contribution in [0.2, 0.25) is 0 Å². The maximum Gasteiger partial charge on any atom is 0.132 e. The Labute approximate surface area is 60.4 Å². The summed E-state index contributed by atoms with van der Waals surface area (Å²) < 4.78 is 0. The molecule has 3 heteroatoms. The maximum atomic E-state index is 10.2. The highest BCUT2D eigenvalue weighted by atomic mass is 79.9. The van der Waals surface area contributed by atoms with Gasteiger partial charge in [0, 0.05) is 12.8 Å². The van der Waals surface area contributed by atoms with E-state index in [1.807, 2.05) is 13.8 Å². The van der Waals surface area contributed by atoms with Crippen LogP contribution in [0, 0.1) is 0 Å². The van der Waals surface area contributed by atoms with Crippen molar-refractivity contribution in [2.45, 2.75) is 26.7 Å². The molecule has 0 rings (SSSR count). The van der Waals surface area contributed by atoms with Crippen LogP contribution in [0.1, 0.15) is 26.7 Å². The van der Waals surface area contributed by atoms with E-state index in [1.54, 1.807) is 0 Å². The second kappa shape index (κ2) is 10.2. The largest absolute Gasteiger partial charge is 0.412 e. The van der Waals surface area contributed by atoms with Gasteiger partial charge < -0.3 is 5.48 Å². The fourth-order valence-electron chi connectivity index (χ4n) is 0.250. The minimum atomic E-state index is 0. The lowest BCUT2D eigenvalue weighted by atomic mass is 10.3. The monoisotopic (exact) mass is 184 g/mol. The zero-order chi connectivity index (χ0) is 4.99. The van der Waals surface area contributed by atoms with Crippen molar-refractivity contribution in [2.24, 2.45) is 0 Å². The molecule has 0 saturated heterocycles. The van der Waals surface area contributed by atoms with Gasteiger partial charge in [0.2, 0.25) is 0 Å². The van der Waals surface area contributed by atoms with E-state index in [4.69, 9.17) is 0 Å². The van der Waals surface area contributed by atoms with Gasteiger partial charge in [-0.05, 0) is 0 Å². The minimum Gasteiger partial charge on any atom is -0.412 e. The summed E-state index contributed by atoms with van der Waals surface area (Å²) in [4.78, 5) is 10.2. The molecule has 0 aliphatic rings. The molecule has 0 spiro atoms. The fourth-order valence-corrected chi connectivity index (χ4v) is 0.250. The lowest BCUT2D eigenvalue weighted by Gasteiger charge is -1.81. The van der Waals surface area contributed by atoms with Crippen LogP contribution in [-0.2, 0) is 4.79 Å². The topological polar surface area (TPSA) is 48.6 Å². The Bertz CT molecular complexity index is 48.4. The van der Waals surface area contributed by atoms with Crippen molar-refractivity contribution < 1.29 is 10.3 Å². The normalized spacial score (nSPS) is 6.25. The number of rotatable bonds is 2. The minimum absolute atomic E-state index is 0. The number of carbonyl (C=O) groups is 1. The van der Waals surface area contributed by atoms with Gasteiger partial charge >= 0.3 is 0 Å². The summed E-state index contributed by atoms with van der Waals surface area (Å²) in [5.41, 5.74) is 0. The summed E-state index contributed by atoms with van der Waals surface area (Å²) in [5.74, 6) is 0.343. The van der Waals surface area contributed by atoms with Crippen molar-refractivity contribution >= 4 is 22.8 Å². The van der Waals surface area contributed by atoms with Crippen molar-refractivity contribution in [1.82, 2.24) is 0 Å². The van der Waals surface area contributed by atoms with Gasteiger partial charge in [0.25, 0.3) is 0 Å². The molecule has 0 atom stereocenters. The van der Waals surface area contributed by atoms with Crippen LogP contribution in [-0.4, -0.2) is 11.3 Å². The Kier molecular flexibility index (Phi) is 19.9. The molecule has 0 radical (unpaired) electrons. The van der Waals surface area contributed by atoms with E-state index in [2.05, 4.69) is 0 Å². The third kappa shape index (κ3) is 9.44. The number of ketones is 1. The zero-order valence-electron chi connectivity index (χ0n) is 5.23. The van der Waals surface area contributed by atoms with E-state index in [0.717, 1.165) is 0 Å². The van der Waals surface area contributed by atoms with Gasteiger partial charge in [0.1, 0.15) is 5.78 Å². The van der Waals surface area contributed by atoms with E-state index in [1.165, 1.54) is 0 Å². The van der Waals surface area contributed by atoms with Crippen LogP contribution in [0.5, 0.6) is 0 Å². The zero-order valence-corrected chi connectivity index (χ0v) is 6.94. The number of carbonyl (C=O) groups excluding carboxylic acids is 1. The van der Waals surface area contributed by atoms with Crippen LogP contribution in [0.25, 0.3) is 0 Å². The summed E-state index contributed by atoms with van der Waals surface area (Å²) in [5, 5.41) is 0. The smallest absolute Gasteiger partial charge is 0.132 e. The van der Waals surface area contributed by atoms with Crippen LogP contribution in [0.3, 0.4) is 0 Å². The standard InChI is InChI=1S/C5H10O.BrH.H2O/c1-3-5(6)4-2;;/h3-4H2,1-2H3;1H;1H2. The molecule has 0 fully saturated rings. The highest BCUT2D eigenvalue weighted by Crippen LogP contribution is 1.82. The second-order valence-corrected chi connectivity index (χ2v) is 1.25. The van der Waals surface area contributed by atoms with Crippen molar-refractivity contribution in [2.75, 3.05) is 0 Å². The van der Waals surface area contributed by atoms with Crippen LogP contribution in [0.4, 0.5) is 0 Å². The third-order valence-corrected chi connectivity index (χ3v) is 0.789. The van der Waals surface area contributed by atoms with Crippen molar-refractivity contribution in [3.8, 4) is 0 Å². The highest BCUT2D eigenvalue weighted by Gasteiger charge is 1.86. The van der Waals surface area contributed by atoms with Crippen molar-refractivity contribution in [3.05, 3.63) is 0 Å². The number of halogens is 1. The molecule has 8 heavy (non-hydrogen) atoms. The first-order valence-electron chi connectivity index (χ1n) is 2.33. The molecule has 0 aromatic heterocycles. The Morgan fingerprint density at radius 3 is 1.50 bits per heavy atom. The van der Waals surface area contributed by atoms with Gasteiger partial charge in [-0.2, -0.15) is 0 Å². The number of hydrogen-bond donors (Lipinski definition) is 0. The summed E-state index contributed by atoms with van der Waals surface area (Å²) >= 11 is 0. The van der Waals surface area contributed by atoms with Crippen LogP contribution < -0.4 is 0 Å². The van der Waals surface area contributed by atoms with Crippen molar-refractivity contribution in [3.63, 3.8) is 0 Å². The van der Waals surface area contributed by atoms with E-state index in [-0.39, 0.29) is 22.5 Å². The van der Waals surface area contributed by atoms with Gasteiger partial charge in [0.15, 0.2) is 0 Å². The molecule has 0 aromatic rings. The first kappa shape index (κ1) is 15.7. The fraction of sp³-hybridized carbons (Fsp3) is 0.800. The summed E-state index contributed by atoms with van der Waals surface area (Å²) in [6.07, 6.45) is 1.38. The molecule has 2 N–H and O–H groups in total. The third-order valence-electron chi connectivity index (χ3n) is 0.789. The van der Waals surface area contributed by atoms with Gasteiger partial charge in [0.05, 0.1) is 0 Å². The number of hydrogen-bond acceptors (Lipinski definition) is 1. The molecular weight excluding hydrogens is 172 g/mol. The van der Waals surface area contributed by atoms with E-state index < -0.39 is 0 Å². The molecule has 0 saturated carbocycles. The first-order valence-corrected chi connectivity index (χ1v) is 2.33. The van der Waals surface area contributed by atoms with Gasteiger partial charge in [-0.25, -0.2) is 0 Å². The summed E-state index contributed by atoms with van der Waals surface area (Å²) in [7, 11) is 0. The molecule has 0 unspecified atom stereocenters. The van der Waals surface area contributed by atoms with E-state index in [0.29, 0.717) is 18.6 Å². The van der Waals surface area contributed by atoms with Crippen molar-refractivity contribution in [1.29, 1.82) is 0 Å². The Morgan fingerprint density at radius 1 is 1.25 bits per heavy atom. The molecule has 0 bridgehead atoms. The predicted molar refractivity (Wildman–Crippen MR) is 39.5 cm³/mol. The highest BCUT2D eigenvalue weighted by molar-refractivity contribution is 8.93. The maximum absolute atomic E-state index is 10.2. The summed E-state index contributed by atoms with van der Waals surface area (Å²) in [6, 6.07) is 0. The predicted octanol–water partition coefficient (Wildman–Crippen LogP) is 1.13. The van der Waals surface area contributed by atoms with E-state index in [9.17, 15) is 4.79 Å². The first-order chi connectivity index (χ1) is 2.81. The SMILES string of the molecule is Br.CCC(=O)CC.O. The second-order valence-electron chi connectivity index (χ2n) is 1.25. The van der Waals surface area contributed by atoms with Crippen LogP contribution in [0.15, 0.2) is 0 Å². The average molecular weight is 185 g/mol. The molecule has 0 amide bonds. The molecule has 0 aliphatic carbocycles. The van der Waals surface area contributed by atoms with E-state index >= 15 is 0 Å². The quantitative estimate of drug-likeness (QED) is 0.635. The molecule has 0 heterocycles. The lowest BCUT2D eigenvalue weighted by molar-refractivity contribution is -0.118. The Hall–Kier alpha value is 0.110.